The van der Waals surface area contributed by atoms with E-state index in [1.807, 2.05) is 0 Å². The van der Waals surface area contributed by atoms with E-state index in [2.05, 4.69) is 18.7 Å². The first-order valence-electron chi connectivity index (χ1n) is 14.9. The molecule has 47 heavy (non-hydrogen) atoms. The molecule has 0 aromatic carbocycles. The van der Waals surface area contributed by atoms with Crippen molar-refractivity contribution < 1.29 is 96.3 Å². The number of hydrogen-bond acceptors (Lipinski definition) is 22. The molecule has 0 aromatic rings. The number of methoxy groups -OCH3 is 1. The third kappa shape index (κ3) is 9.82. The molecule has 4 aliphatic heterocycles. The largest absolute Gasteiger partial charge is 0.691 e. The van der Waals surface area contributed by atoms with Gasteiger partial charge in [0.1, 0.15) is 42.7 Å². The van der Waals surface area contributed by atoms with Crippen molar-refractivity contribution in [3.8, 4) is 0 Å². The minimum Gasteiger partial charge on any atom is -0.691 e. The maximum Gasteiger partial charge on any atom is 0.193 e. The lowest BCUT2D eigenvalue weighted by Gasteiger charge is -2.45. The molecule has 0 spiro atoms. The third-order valence-corrected chi connectivity index (χ3v) is 9.68. The quantitative estimate of drug-likeness (QED) is 0.0346. The number of aliphatic hydroxyl groups is 5. The summed E-state index contributed by atoms with van der Waals surface area (Å²) in [5.74, 6) is -1.76. The van der Waals surface area contributed by atoms with Gasteiger partial charge in [0.15, 0.2) is 30.9 Å². The molecule has 4 saturated heterocycles. The summed E-state index contributed by atoms with van der Waals surface area (Å²) in [6.07, 6.45) is -10.6. The van der Waals surface area contributed by atoms with Crippen molar-refractivity contribution in [2.24, 2.45) is 17.8 Å². The second kappa shape index (κ2) is 20.1. The first kappa shape index (κ1) is 39.7. The van der Waals surface area contributed by atoms with Gasteiger partial charge < -0.3 is 69.2 Å². The summed E-state index contributed by atoms with van der Waals surface area (Å²) in [6, 6.07) is 0. The highest BCUT2D eigenvalue weighted by Crippen LogP contribution is 2.37. The van der Waals surface area contributed by atoms with E-state index in [9.17, 15) is 36.0 Å². The van der Waals surface area contributed by atoms with Crippen LogP contribution in [0, 0.1) is 17.8 Å². The van der Waals surface area contributed by atoms with E-state index in [0.717, 1.165) is 0 Å². The van der Waals surface area contributed by atoms with E-state index in [-0.39, 0.29) is 69.7 Å². The first-order valence-corrected chi connectivity index (χ1v) is 16.3. The van der Waals surface area contributed by atoms with E-state index >= 15 is 0 Å². The van der Waals surface area contributed by atoms with E-state index < -0.39 is 92.4 Å². The van der Waals surface area contributed by atoms with Crippen molar-refractivity contribution >= 4 is 24.6 Å². The van der Waals surface area contributed by atoms with E-state index in [1.165, 1.54) is 7.11 Å². The van der Waals surface area contributed by atoms with Crippen LogP contribution in [0.2, 0.25) is 0 Å². The van der Waals surface area contributed by atoms with Crippen molar-refractivity contribution in [2.45, 2.75) is 86.8 Å². The van der Waals surface area contributed by atoms with Gasteiger partial charge in [-0.25, -0.2) is 0 Å². The average Bonchev–Trinajstić information content (AvgIpc) is 3.39. The van der Waals surface area contributed by atoms with Gasteiger partial charge in [-0.2, -0.15) is 0 Å². The second-order valence-electron chi connectivity index (χ2n) is 11.3. The normalized spacial score (nSPS) is 42.2. The van der Waals surface area contributed by atoms with E-state index in [0.29, 0.717) is 6.42 Å². The third-order valence-electron chi connectivity index (χ3n) is 8.85. The van der Waals surface area contributed by atoms with Crippen molar-refractivity contribution in [3.05, 3.63) is 0 Å². The Kier molecular flexibility index (Phi) is 16.9. The van der Waals surface area contributed by atoms with Crippen LogP contribution in [0.25, 0.3) is 0 Å². The Labute approximate surface area is 278 Å². The molecule has 276 valence electrons. The molecule has 0 saturated carbocycles. The summed E-state index contributed by atoms with van der Waals surface area (Å²) < 4.78 is 59.2. The van der Waals surface area contributed by atoms with Gasteiger partial charge in [-0.1, -0.05) is 6.92 Å². The maximum atomic E-state index is 11.3. The second-order valence-corrected chi connectivity index (χ2v) is 12.3. The highest BCUT2D eigenvalue weighted by atomic mass is 32.2. The SMILES string of the molecule is CC[C@H]1C(O)[C@@H](COC[C@H]2C(O)[C@H](COC[C@H]3C4CO[C@H]3C(O)[C@H](OC)O4)OC(CO)[C@@H]2OSOO[O-])OC(CO)[C@@H]1OSOO[O-]. The van der Waals surface area contributed by atoms with Crippen LogP contribution in [-0.2, 0) is 60.3 Å². The van der Waals surface area contributed by atoms with Gasteiger partial charge in [-0.3, -0.25) is 18.4 Å². The Hall–Kier alpha value is -0.100. The Morgan fingerprint density at radius 1 is 0.702 bits per heavy atom. The van der Waals surface area contributed by atoms with Gasteiger partial charge in [-0.05, 0) is 6.42 Å². The number of aliphatic hydroxyl groups excluding tert-OH is 5. The zero-order chi connectivity index (χ0) is 33.9. The lowest BCUT2D eigenvalue weighted by atomic mass is 9.84. The predicted octanol–water partition coefficient (Wildman–Crippen LogP) is -4.01. The summed E-state index contributed by atoms with van der Waals surface area (Å²) in [5, 5.41) is 79.8. The summed E-state index contributed by atoms with van der Waals surface area (Å²) in [5.41, 5.74) is 0. The number of hydrogen-bond donors (Lipinski definition) is 5. The van der Waals surface area contributed by atoms with Crippen LogP contribution in [0.4, 0.5) is 0 Å². The molecule has 4 rings (SSSR count). The fraction of sp³-hybridized carbons (Fsp3) is 1.00. The molecule has 4 aliphatic rings. The van der Waals surface area contributed by atoms with Gasteiger partial charge in [0.2, 0.25) is 0 Å². The molecule has 20 nitrogen and oxygen atoms in total. The molecule has 2 bridgehead atoms. The zero-order valence-corrected chi connectivity index (χ0v) is 27.1. The summed E-state index contributed by atoms with van der Waals surface area (Å²) in [6.45, 7) is 0.576. The average molecular weight is 727 g/mol. The van der Waals surface area contributed by atoms with Gasteiger partial charge in [-0.15, -0.1) is 8.67 Å². The van der Waals surface area contributed by atoms with Gasteiger partial charge in [0.05, 0.1) is 70.7 Å². The monoisotopic (exact) mass is 726 g/mol. The first-order chi connectivity index (χ1) is 22.8. The predicted molar refractivity (Wildman–Crippen MR) is 147 cm³/mol. The molecule has 4 fully saturated rings. The van der Waals surface area contributed by atoms with Crippen molar-refractivity contribution in [3.63, 3.8) is 0 Å². The minimum absolute atomic E-state index is 0.103. The summed E-state index contributed by atoms with van der Waals surface area (Å²) >= 11 is 0.421. The molecule has 0 aromatic heterocycles. The fourth-order valence-corrected chi connectivity index (χ4v) is 7.33. The molecule has 4 heterocycles. The molecular weight excluding hydrogens is 684 g/mol. The molecular formula is C25H42O20S2-2. The van der Waals surface area contributed by atoms with Gasteiger partial charge >= 0.3 is 0 Å². The fourth-order valence-electron chi connectivity index (χ4n) is 6.51. The molecule has 0 amide bonds. The maximum absolute atomic E-state index is 11.3. The molecule has 0 aliphatic carbocycles. The lowest BCUT2D eigenvalue weighted by molar-refractivity contribution is -0.778. The molecule has 22 heteroatoms. The standard InChI is InChI=1S/C25H44O20S2/c1-3-11-19(28)17(37-14(4-26)22(11)40-46-44-42-31)8-35-7-13-20(29)18(38-15(5-27)23(13)41-47-45-43-32)9-34-6-12-16-10-36-24(12)21(30)25(33-2)39-16/h11-32H,3-10H2,1-2H3/p-2/t11-,12-,13-,14?,15?,16?,17+,18-,19?,20?,21?,22+,23+,24+,25+/m0/s1. The Morgan fingerprint density at radius 3 is 1.74 bits per heavy atom. The van der Waals surface area contributed by atoms with Crippen LogP contribution in [-0.4, -0.2) is 152 Å². The number of ether oxygens (including phenoxy) is 7. The smallest absolute Gasteiger partial charge is 0.193 e. The lowest BCUT2D eigenvalue weighted by Crippen LogP contribution is -2.59. The molecule has 15 atom stereocenters. The van der Waals surface area contributed by atoms with Crippen LogP contribution in [0.1, 0.15) is 13.3 Å². The van der Waals surface area contributed by atoms with Crippen molar-refractivity contribution in [1.29, 1.82) is 0 Å². The van der Waals surface area contributed by atoms with Crippen LogP contribution in [0.5, 0.6) is 0 Å². The van der Waals surface area contributed by atoms with Crippen molar-refractivity contribution in [1.82, 2.24) is 0 Å². The van der Waals surface area contributed by atoms with Crippen LogP contribution in [0.3, 0.4) is 0 Å². The van der Waals surface area contributed by atoms with Gasteiger partial charge in [0.25, 0.3) is 0 Å². The van der Waals surface area contributed by atoms with Crippen LogP contribution in [0.15, 0.2) is 0 Å². The number of fused-ring (bicyclic) bond motifs is 2. The Bertz CT molecular complexity index is 884. The minimum atomic E-state index is -1.29. The topological polar surface area (TPSA) is 267 Å². The highest BCUT2D eigenvalue weighted by Gasteiger charge is 2.52. The molecule has 5 N–H and O–H groups in total. The summed E-state index contributed by atoms with van der Waals surface area (Å²) in [7, 11) is 1.42. The Balaban J connectivity index is 1.37. The molecule has 0 radical (unpaired) electrons. The van der Waals surface area contributed by atoms with Crippen LogP contribution < -0.4 is 10.5 Å². The van der Waals surface area contributed by atoms with E-state index in [4.69, 9.17) is 41.5 Å². The molecule has 6 unspecified atom stereocenters. The Morgan fingerprint density at radius 2 is 1.23 bits per heavy atom. The van der Waals surface area contributed by atoms with Crippen LogP contribution >= 0.6 is 24.6 Å². The van der Waals surface area contributed by atoms with Crippen molar-refractivity contribution in [2.75, 3.05) is 53.4 Å². The summed E-state index contributed by atoms with van der Waals surface area (Å²) in [4.78, 5) is 0. The van der Waals surface area contributed by atoms with E-state index in [1.54, 1.807) is 6.92 Å². The highest BCUT2D eigenvalue weighted by molar-refractivity contribution is 7.89. The zero-order valence-electron chi connectivity index (χ0n) is 25.5. The number of rotatable bonds is 20. The van der Waals surface area contributed by atoms with Gasteiger partial charge in [0, 0.05) is 24.9 Å².